The molecule has 3 heterocycles. The van der Waals surface area contributed by atoms with E-state index in [4.69, 9.17) is 4.74 Å². The predicted octanol–water partition coefficient (Wildman–Crippen LogP) is 16.1. The van der Waals surface area contributed by atoms with Gasteiger partial charge in [-0.15, -0.1) is 0 Å². The second kappa shape index (κ2) is 14.4. The highest BCUT2D eigenvalue weighted by atomic mass is 16.5. The topological polar surface area (TPSA) is 15.7 Å². The summed E-state index contributed by atoms with van der Waals surface area (Å²) in [5, 5.41) is 0. The minimum absolute atomic E-state index is 0.0193. The van der Waals surface area contributed by atoms with E-state index < -0.39 is 5.60 Å². The predicted molar refractivity (Wildman–Crippen MR) is 294 cm³/mol. The van der Waals surface area contributed by atoms with Crippen LogP contribution >= 0.6 is 0 Å². The number of allylic oxidation sites excluding steroid dienone is 6. The fourth-order valence-corrected chi connectivity index (χ4v) is 14.6. The quantitative estimate of drug-likeness (QED) is 0.191. The lowest BCUT2D eigenvalue weighted by Crippen LogP contribution is -2.56. The van der Waals surface area contributed by atoms with Gasteiger partial charge in [-0.25, -0.2) is 0 Å². The summed E-state index contributed by atoms with van der Waals surface area (Å²) < 4.78 is 8.05. The summed E-state index contributed by atoms with van der Waals surface area (Å²) >= 11 is 0. The SMILES string of the molecule is Cc1ccc(C2=CC=CCC2)c(N2C3=C(OC4(C)C=C5C(=C[C@@H]34)C(C)(C)CCC5(C)C)B3c4cc5c(cc4N(c4ccc6c(c4)C(C)(C)CCC6(C)C)c4cc(C)cc2c43)C(C)(C)CCC5(C)C)c1. The Hall–Kier alpha value is -4.96. The van der Waals surface area contributed by atoms with Crippen LogP contribution in [0.2, 0.25) is 0 Å². The van der Waals surface area contributed by atoms with Crippen LogP contribution in [0.5, 0.6) is 0 Å². The molecule has 5 aliphatic carbocycles. The van der Waals surface area contributed by atoms with E-state index in [1.165, 1.54) is 139 Å². The molecule has 3 aliphatic heterocycles. The average molecular weight is 913 g/mol. The first-order valence-electron chi connectivity index (χ1n) is 26.8. The molecule has 3 nitrogen and oxygen atoms in total. The molecule has 0 spiro atoms. The van der Waals surface area contributed by atoms with Gasteiger partial charge in [-0.1, -0.05) is 132 Å². The smallest absolute Gasteiger partial charge is 0.296 e. The van der Waals surface area contributed by atoms with E-state index >= 15 is 0 Å². The summed E-state index contributed by atoms with van der Waals surface area (Å²) in [6.07, 6.45) is 21.4. The third-order valence-corrected chi connectivity index (χ3v) is 19.3. The zero-order valence-electron chi connectivity index (χ0n) is 44.8. The van der Waals surface area contributed by atoms with Crippen molar-refractivity contribution >= 4 is 51.6 Å². The van der Waals surface area contributed by atoms with Gasteiger partial charge in [-0.05, 0) is 208 Å². The summed E-state index contributed by atoms with van der Waals surface area (Å²) in [7, 11) is 0. The number of ether oxygens (including phenoxy) is 1. The summed E-state index contributed by atoms with van der Waals surface area (Å²) in [6.45, 7) is 36.7. The first kappa shape index (κ1) is 45.2. The average Bonchev–Trinajstić information content (AvgIpc) is 3.59. The van der Waals surface area contributed by atoms with Crippen LogP contribution in [0.3, 0.4) is 0 Å². The largest absolute Gasteiger partial charge is 0.494 e. The van der Waals surface area contributed by atoms with Gasteiger partial charge < -0.3 is 14.5 Å². The third kappa shape index (κ3) is 6.50. The molecule has 0 bridgehead atoms. The van der Waals surface area contributed by atoms with E-state index in [0.717, 1.165) is 18.5 Å². The Kier molecular flexibility index (Phi) is 9.40. The van der Waals surface area contributed by atoms with Crippen LogP contribution in [0.25, 0.3) is 5.57 Å². The van der Waals surface area contributed by atoms with Gasteiger partial charge in [0, 0.05) is 28.3 Å². The first-order valence-corrected chi connectivity index (χ1v) is 26.8. The summed E-state index contributed by atoms with van der Waals surface area (Å²) in [4.78, 5) is 5.44. The second-order valence-corrected chi connectivity index (χ2v) is 27.1. The van der Waals surface area contributed by atoms with Crippen molar-refractivity contribution in [1.82, 2.24) is 0 Å². The molecule has 1 unspecified atom stereocenters. The van der Waals surface area contributed by atoms with Crippen molar-refractivity contribution < 1.29 is 4.74 Å². The monoisotopic (exact) mass is 913 g/mol. The van der Waals surface area contributed by atoms with Crippen molar-refractivity contribution in [2.45, 2.75) is 182 Å². The lowest BCUT2D eigenvalue weighted by Gasteiger charge is -2.49. The Bertz CT molecular complexity index is 3100. The van der Waals surface area contributed by atoms with Gasteiger partial charge in [0.1, 0.15) is 5.60 Å². The number of anilines is 5. The van der Waals surface area contributed by atoms with Crippen LogP contribution in [0.15, 0.2) is 114 Å². The molecule has 0 aromatic heterocycles. The molecule has 2 atom stereocenters. The molecule has 69 heavy (non-hydrogen) atoms. The standard InChI is InChI=1S/C65H77BN2O/c1-39-21-23-43(41-19-17-16-18-20-41)52(31-39)68-55-33-40(2)32-54-56(55)66(58-57(68)49-35-46-50(38-65(49,15)69-58)64(13,14)30-29-61(46,7)8)51-36-47-48(63(11,12)28-27-62(47,9)10)37-53(51)67(54)42-22-24-44-45(34-42)60(5,6)26-25-59(44,3)4/h16-17,19,21-24,31-38,49H,18,20,25-30H2,1-15H3/t49-,65?/m0/s1. The molecule has 0 radical (unpaired) electrons. The van der Waals surface area contributed by atoms with E-state index in [1.807, 2.05) is 0 Å². The van der Waals surface area contributed by atoms with Crippen LogP contribution in [0.1, 0.15) is 180 Å². The second-order valence-electron chi connectivity index (χ2n) is 27.1. The Morgan fingerprint density at radius 1 is 0.551 bits per heavy atom. The van der Waals surface area contributed by atoms with Crippen LogP contribution in [0.4, 0.5) is 28.4 Å². The number of nitrogens with zero attached hydrogens (tertiary/aromatic N) is 2. The summed E-state index contributed by atoms with van der Waals surface area (Å²) in [6, 6.07) is 25.2. The number of fused-ring (bicyclic) bond motifs is 8. The van der Waals surface area contributed by atoms with Crippen LogP contribution in [0, 0.1) is 30.6 Å². The first-order chi connectivity index (χ1) is 32.3. The molecule has 4 heteroatoms. The van der Waals surface area contributed by atoms with Gasteiger partial charge in [0.25, 0.3) is 6.71 Å². The molecule has 8 aliphatic rings. The van der Waals surface area contributed by atoms with Crippen molar-refractivity contribution in [2.24, 2.45) is 16.7 Å². The number of rotatable bonds is 3. The number of hydrogen-bond donors (Lipinski definition) is 0. The van der Waals surface area contributed by atoms with Crippen molar-refractivity contribution in [2.75, 3.05) is 9.80 Å². The Morgan fingerprint density at radius 2 is 1.13 bits per heavy atom. The minimum Gasteiger partial charge on any atom is -0.494 e. The minimum atomic E-state index is -0.565. The van der Waals surface area contributed by atoms with Crippen LogP contribution in [-0.2, 0) is 26.4 Å². The van der Waals surface area contributed by atoms with Crippen LogP contribution < -0.4 is 20.7 Å². The van der Waals surface area contributed by atoms with E-state index in [0.29, 0.717) is 0 Å². The lowest BCUT2D eigenvalue weighted by atomic mass is 9.35. The Morgan fingerprint density at radius 3 is 1.78 bits per heavy atom. The molecular weight excluding hydrogens is 836 g/mol. The van der Waals surface area contributed by atoms with Gasteiger partial charge in [0.15, 0.2) is 0 Å². The maximum Gasteiger partial charge on any atom is 0.296 e. The molecule has 4 aromatic rings. The fraction of sp³-hybridized carbons (Fsp3) is 0.477. The molecule has 0 amide bonds. The fourth-order valence-electron chi connectivity index (χ4n) is 14.6. The molecule has 0 saturated heterocycles. The summed E-state index contributed by atoms with van der Waals surface area (Å²) in [5.41, 5.74) is 25.8. The molecule has 12 rings (SSSR count). The number of aryl methyl sites for hydroxylation is 2. The highest BCUT2D eigenvalue weighted by Crippen LogP contribution is 2.62. The molecule has 4 aromatic carbocycles. The van der Waals surface area contributed by atoms with Gasteiger partial charge in [0.05, 0.1) is 23.0 Å². The summed E-state index contributed by atoms with van der Waals surface area (Å²) in [5.74, 6) is 0.0193. The number of benzene rings is 4. The molecule has 356 valence electrons. The molecule has 1 fully saturated rings. The van der Waals surface area contributed by atoms with Gasteiger partial charge in [-0.3, -0.25) is 0 Å². The molecule has 0 N–H and O–H groups in total. The highest BCUT2D eigenvalue weighted by Gasteiger charge is 2.59. The molecule has 1 saturated carbocycles. The molecular formula is C65H77BN2O. The van der Waals surface area contributed by atoms with Crippen molar-refractivity contribution in [3.05, 3.63) is 152 Å². The van der Waals surface area contributed by atoms with Crippen molar-refractivity contribution in [1.29, 1.82) is 0 Å². The van der Waals surface area contributed by atoms with E-state index in [2.05, 4.69) is 205 Å². The van der Waals surface area contributed by atoms with E-state index in [9.17, 15) is 0 Å². The highest BCUT2D eigenvalue weighted by molar-refractivity contribution is 6.94. The Balaban J connectivity index is 1.20. The maximum atomic E-state index is 8.05. The van der Waals surface area contributed by atoms with Crippen molar-refractivity contribution in [3.63, 3.8) is 0 Å². The third-order valence-electron chi connectivity index (χ3n) is 19.3. The van der Waals surface area contributed by atoms with Gasteiger partial charge in [0.2, 0.25) is 0 Å². The zero-order valence-corrected chi connectivity index (χ0v) is 44.8. The van der Waals surface area contributed by atoms with E-state index in [-0.39, 0.29) is 45.1 Å². The maximum absolute atomic E-state index is 8.05. The normalized spacial score (nSPS) is 26.5. The van der Waals surface area contributed by atoms with Gasteiger partial charge in [-0.2, -0.15) is 0 Å². The van der Waals surface area contributed by atoms with E-state index in [1.54, 1.807) is 0 Å². The number of hydrogen-bond acceptors (Lipinski definition) is 3. The van der Waals surface area contributed by atoms with Crippen molar-refractivity contribution in [3.8, 4) is 0 Å². The Labute approximate surface area is 416 Å². The lowest BCUT2D eigenvalue weighted by molar-refractivity contribution is 0.0722. The zero-order chi connectivity index (χ0) is 48.7. The van der Waals surface area contributed by atoms with Crippen LogP contribution in [-0.4, -0.2) is 12.3 Å². The van der Waals surface area contributed by atoms with Gasteiger partial charge >= 0.3 is 0 Å².